The predicted molar refractivity (Wildman–Crippen MR) is 50.1 cm³/mol. The van der Waals surface area contributed by atoms with Gasteiger partial charge in [0, 0.05) is 13.1 Å². The van der Waals surface area contributed by atoms with Crippen molar-refractivity contribution in [1.82, 2.24) is 4.90 Å². The van der Waals surface area contributed by atoms with Gasteiger partial charge in [0.1, 0.15) is 0 Å². The van der Waals surface area contributed by atoms with Gasteiger partial charge in [0.2, 0.25) is 0 Å². The zero-order chi connectivity index (χ0) is 6.57. The van der Waals surface area contributed by atoms with Gasteiger partial charge in [-0.15, -0.1) is 0 Å². The van der Waals surface area contributed by atoms with Gasteiger partial charge in [-0.2, -0.15) is 0 Å². The van der Waals surface area contributed by atoms with Crippen LogP contribution < -0.4 is 29.6 Å². The number of thiocarbonyl (C=S) groups is 1. The molecule has 0 aliphatic carbocycles. The van der Waals surface area contributed by atoms with Crippen molar-refractivity contribution in [3.8, 4) is 0 Å². The molecule has 0 bridgehead atoms. The standard InChI is InChI=1S/C5H11NS2.Na.2H2O/c1-3-6(4-2)5(7)8;;;/h3-4H2,1-2H3,(H,7,8);;2*1H2/q;+1;;/p-1. The molecule has 0 radical (unpaired) electrons. The molecule has 11 heavy (non-hydrogen) atoms. The summed E-state index contributed by atoms with van der Waals surface area (Å²) in [5.74, 6) is 0. The molecule has 0 saturated carbocycles. The molecule has 0 heterocycles. The molecule has 0 aromatic rings. The molecule has 3 nitrogen and oxygen atoms in total. The van der Waals surface area contributed by atoms with Crippen molar-refractivity contribution in [2.75, 3.05) is 13.1 Å². The molecule has 0 saturated heterocycles. The monoisotopic (exact) mass is 207 g/mol. The zero-order valence-electron chi connectivity index (χ0n) is 7.18. The van der Waals surface area contributed by atoms with Crippen LogP contribution in [0.1, 0.15) is 13.8 Å². The minimum Gasteiger partial charge on any atom is -0.412 e. The van der Waals surface area contributed by atoms with Crippen molar-refractivity contribution in [3.05, 3.63) is 0 Å². The van der Waals surface area contributed by atoms with E-state index in [-0.39, 0.29) is 40.5 Å². The van der Waals surface area contributed by atoms with Crippen molar-refractivity contribution in [2.24, 2.45) is 0 Å². The van der Waals surface area contributed by atoms with Crippen LogP contribution in [0.25, 0.3) is 0 Å². The van der Waals surface area contributed by atoms with Gasteiger partial charge in [0.05, 0.1) is 0 Å². The Hall–Kier alpha value is 1.03. The van der Waals surface area contributed by atoms with Crippen LogP contribution in [0.2, 0.25) is 0 Å². The number of hydrogen-bond donors (Lipinski definition) is 0. The van der Waals surface area contributed by atoms with Gasteiger partial charge in [-0.05, 0) is 13.8 Å². The summed E-state index contributed by atoms with van der Waals surface area (Å²) in [7, 11) is 0. The van der Waals surface area contributed by atoms with E-state index in [0.29, 0.717) is 4.32 Å². The molecule has 64 valence electrons. The Morgan fingerprint density at radius 1 is 1.27 bits per heavy atom. The van der Waals surface area contributed by atoms with Gasteiger partial charge in [-0.1, -0.05) is 4.32 Å². The Kier molecular flexibility index (Phi) is 28.1. The van der Waals surface area contributed by atoms with E-state index in [1.807, 2.05) is 18.7 Å². The summed E-state index contributed by atoms with van der Waals surface area (Å²) < 4.78 is 0.579. The third-order valence-electron chi connectivity index (χ3n) is 1.02. The molecule has 0 spiro atoms. The second-order valence-electron chi connectivity index (χ2n) is 1.44. The molecule has 0 fully saturated rings. The molecule has 0 aliphatic heterocycles. The fraction of sp³-hybridized carbons (Fsp3) is 0.800. The number of hydrogen-bond acceptors (Lipinski definition) is 2. The van der Waals surface area contributed by atoms with Gasteiger partial charge >= 0.3 is 29.6 Å². The van der Waals surface area contributed by atoms with Crippen LogP contribution in [-0.2, 0) is 12.6 Å². The van der Waals surface area contributed by atoms with Crippen molar-refractivity contribution in [3.63, 3.8) is 0 Å². The summed E-state index contributed by atoms with van der Waals surface area (Å²) in [6.07, 6.45) is 0. The summed E-state index contributed by atoms with van der Waals surface area (Å²) in [4.78, 5) is 1.96. The first-order valence-corrected chi connectivity index (χ1v) is 3.50. The van der Waals surface area contributed by atoms with E-state index in [0.717, 1.165) is 13.1 Å². The first kappa shape index (κ1) is 22.7. The topological polar surface area (TPSA) is 66.2 Å². The fourth-order valence-corrected chi connectivity index (χ4v) is 0.998. The molecule has 0 aliphatic rings. The normalized spacial score (nSPS) is 6.36. The number of nitrogens with zero attached hydrogens (tertiary/aromatic N) is 1. The van der Waals surface area contributed by atoms with Gasteiger partial charge in [-0.3, -0.25) is 0 Å². The molecule has 0 unspecified atom stereocenters. The van der Waals surface area contributed by atoms with Gasteiger partial charge < -0.3 is 40.7 Å². The first-order chi connectivity index (χ1) is 3.72. The van der Waals surface area contributed by atoms with E-state index in [1.165, 1.54) is 0 Å². The molecule has 0 amide bonds. The summed E-state index contributed by atoms with van der Waals surface area (Å²) in [5, 5.41) is 0. The van der Waals surface area contributed by atoms with Crippen LogP contribution in [0, 0.1) is 0 Å². The minimum absolute atomic E-state index is 0. The number of rotatable bonds is 2. The first-order valence-electron chi connectivity index (χ1n) is 2.68. The molecule has 0 aromatic carbocycles. The smallest absolute Gasteiger partial charge is 0.412 e. The quantitative estimate of drug-likeness (QED) is 0.268. The average Bonchev–Trinajstić information content (AvgIpc) is 1.69. The summed E-state index contributed by atoms with van der Waals surface area (Å²) >= 11 is 9.51. The maximum Gasteiger partial charge on any atom is 1.00 e. The fourth-order valence-electron chi connectivity index (χ4n) is 0.482. The van der Waals surface area contributed by atoms with E-state index in [1.54, 1.807) is 0 Å². The molecule has 0 rings (SSSR count). The summed E-state index contributed by atoms with van der Waals surface area (Å²) in [6, 6.07) is 0. The Bertz CT molecular complexity index is 90.6. The maximum absolute atomic E-state index is 4.76. The van der Waals surface area contributed by atoms with Crippen LogP contribution >= 0.6 is 12.2 Å². The average molecular weight is 207 g/mol. The van der Waals surface area contributed by atoms with Crippen LogP contribution in [0.15, 0.2) is 0 Å². The zero-order valence-corrected chi connectivity index (χ0v) is 10.8. The molecule has 0 aromatic heterocycles. The largest absolute Gasteiger partial charge is 1.00 e. The molecule has 0 atom stereocenters. The Morgan fingerprint density at radius 2 is 1.55 bits per heavy atom. The van der Waals surface area contributed by atoms with Crippen molar-refractivity contribution >= 4 is 29.2 Å². The summed E-state index contributed by atoms with van der Waals surface area (Å²) in [6.45, 7) is 5.95. The van der Waals surface area contributed by atoms with Gasteiger partial charge in [-0.25, -0.2) is 0 Å². The minimum atomic E-state index is 0. The molecular weight excluding hydrogens is 193 g/mol. The second-order valence-corrected chi connectivity index (χ2v) is 2.47. The molecular formula is C5H14NNaO2S2. The van der Waals surface area contributed by atoms with Crippen LogP contribution in [0.3, 0.4) is 0 Å². The summed E-state index contributed by atoms with van der Waals surface area (Å²) in [5.41, 5.74) is 0. The van der Waals surface area contributed by atoms with E-state index < -0.39 is 0 Å². The second kappa shape index (κ2) is 13.6. The third-order valence-corrected chi connectivity index (χ3v) is 1.54. The van der Waals surface area contributed by atoms with E-state index in [9.17, 15) is 0 Å². The Morgan fingerprint density at radius 3 is 1.55 bits per heavy atom. The molecule has 4 N–H and O–H groups in total. The van der Waals surface area contributed by atoms with Crippen LogP contribution in [0.5, 0.6) is 0 Å². The van der Waals surface area contributed by atoms with Crippen LogP contribution in [-0.4, -0.2) is 33.3 Å². The maximum atomic E-state index is 4.76. The van der Waals surface area contributed by atoms with Gasteiger partial charge in [0.25, 0.3) is 0 Å². The SMILES string of the molecule is CCN(CC)C(=S)[S-].O.O.[Na+]. The third kappa shape index (κ3) is 11.0. The van der Waals surface area contributed by atoms with E-state index in [4.69, 9.17) is 24.8 Å². The predicted octanol–water partition coefficient (Wildman–Crippen LogP) is -3.49. The molecule has 6 heteroatoms. The van der Waals surface area contributed by atoms with Crippen LogP contribution in [0.4, 0.5) is 0 Å². The van der Waals surface area contributed by atoms with Crippen molar-refractivity contribution < 1.29 is 40.5 Å². The van der Waals surface area contributed by atoms with Gasteiger partial charge in [0.15, 0.2) is 0 Å². The van der Waals surface area contributed by atoms with Crippen molar-refractivity contribution in [1.29, 1.82) is 0 Å². The Balaban J connectivity index is -0.0000000817. The van der Waals surface area contributed by atoms with E-state index in [2.05, 4.69) is 0 Å². The Labute approximate surface area is 101 Å². The van der Waals surface area contributed by atoms with Crippen molar-refractivity contribution in [2.45, 2.75) is 13.8 Å². The van der Waals surface area contributed by atoms with E-state index >= 15 is 0 Å².